The zero-order valence-electron chi connectivity index (χ0n) is 19.6. The molecule has 0 unspecified atom stereocenters. The van der Waals surface area contributed by atoms with Crippen LogP contribution in [0.1, 0.15) is 37.1 Å². The van der Waals surface area contributed by atoms with Crippen molar-refractivity contribution in [3.05, 3.63) is 76.2 Å². The van der Waals surface area contributed by atoms with Crippen molar-refractivity contribution >= 4 is 16.9 Å². The van der Waals surface area contributed by atoms with Crippen LogP contribution >= 0.6 is 0 Å². The number of carbonyl (C=O) groups excluding carboxylic acids is 1. The van der Waals surface area contributed by atoms with Crippen LogP contribution in [0.25, 0.3) is 11.0 Å². The summed E-state index contributed by atoms with van der Waals surface area (Å²) in [5, 5.41) is 2.79. The van der Waals surface area contributed by atoms with Crippen LogP contribution in [0.4, 0.5) is 13.2 Å². The van der Waals surface area contributed by atoms with E-state index in [1.54, 1.807) is 6.07 Å². The summed E-state index contributed by atoms with van der Waals surface area (Å²) in [5.41, 5.74) is -1.29. The maximum absolute atomic E-state index is 13.4. The molecule has 1 amide bonds. The molecular formula is C26H29F3N4O2. The number of piperidine rings is 1. The van der Waals surface area contributed by atoms with Crippen molar-refractivity contribution in [1.82, 2.24) is 19.8 Å². The average molecular weight is 487 g/mol. The lowest BCUT2D eigenvalue weighted by Crippen LogP contribution is -2.43. The summed E-state index contributed by atoms with van der Waals surface area (Å²) in [6.45, 7) is 4.31. The van der Waals surface area contributed by atoms with E-state index in [2.05, 4.69) is 39.5 Å². The first-order valence-corrected chi connectivity index (χ1v) is 11.9. The van der Waals surface area contributed by atoms with Crippen LogP contribution in [0.5, 0.6) is 0 Å². The lowest BCUT2D eigenvalue weighted by Gasteiger charge is -2.32. The fourth-order valence-corrected chi connectivity index (χ4v) is 4.69. The molecule has 1 aliphatic heterocycles. The predicted molar refractivity (Wildman–Crippen MR) is 128 cm³/mol. The van der Waals surface area contributed by atoms with E-state index in [9.17, 15) is 22.8 Å². The summed E-state index contributed by atoms with van der Waals surface area (Å²) in [6.07, 6.45) is -1.68. The molecule has 1 fully saturated rings. The summed E-state index contributed by atoms with van der Waals surface area (Å²) in [5.74, 6) is 0.133. The highest BCUT2D eigenvalue weighted by Gasteiger charge is 2.38. The number of para-hydroxylation sites is 2. The van der Waals surface area contributed by atoms with E-state index >= 15 is 0 Å². The van der Waals surface area contributed by atoms with Crippen molar-refractivity contribution < 1.29 is 18.0 Å². The van der Waals surface area contributed by atoms with Crippen LogP contribution in [0.2, 0.25) is 0 Å². The number of fused-ring (bicyclic) bond motifs is 1. The second kappa shape index (κ2) is 10.6. The van der Waals surface area contributed by atoms with Crippen LogP contribution in [0.3, 0.4) is 0 Å². The summed E-state index contributed by atoms with van der Waals surface area (Å²) in [6, 6.07) is 15.3. The van der Waals surface area contributed by atoms with Gasteiger partial charge in [0.2, 0.25) is 11.6 Å². The molecule has 1 saturated heterocycles. The number of halogens is 3. The summed E-state index contributed by atoms with van der Waals surface area (Å²) < 4.78 is 41.1. The zero-order chi connectivity index (χ0) is 25.0. The molecule has 6 nitrogen and oxygen atoms in total. The SMILES string of the molecule is C[C@H](C(=O)NCCN1CCC(Cc2ccccc2)CC1)n1c(=O)c(C(F)(F)F)nc2ccccc21. The highest BCUT2D eigenvalue weighted by atomic mass is 19.4. The maximum atomic E-state index is 13.4. The Morgan fingerprint density at radius 2 is 1.74 bits per heavy atom. The molecule has 0 spiro atoms. The first-order chi connectivity index (χ1) is 16.7. The fraction of sp³-hybridized carbons (Fsp3) is 0.423. The molecule has 1 N–H and O–H groups in total. The minimum atomic E-state index is -4.91. The van der Waals surface area contributed by atoms with Gasteiger partial charge in [0, 0.05) is 13.1 Å². The van der Waals surface area contributed by atoms with Gasteiger partial charge in [-0.15, -0.1) is 0 Å². The van der Waals surface area contributed by atoms with Gasteiger partial charge in [0.15, 0.2) is 0 Å². The molecule has 1 aromatic heterocycles. The van der Waals surface area contributed by atoms with Gasteiger partial charge >= 0.3 is 6.18 Å². The first kappa shape index (κ1) is 24.9. The number of alkyl halides is 3. The molecule has 2 heterocycles. The number of hydrogen-bond donors (Lipinski definition) is 1. The highest BCUT2D eigenvalue weighted by molar-refractivity contribution is 5.83. The number of aromatic nitrogens is 2. The van der Waals surface area contributed by atoms with Crippen LogP contribution in [-0.4, -0.2) is 46.5 Å². The van der Waals surface area contributed by atoms with E-state index < -0.39 is 29.4 Å². The highest BCUT2D eigenvalue weighted by Crippen LogP contribution is 2.27. The number of nitrogens with zero attached hydrogens (tertiary/aromatic N) is 3. The van der Waals surface area contributed by atoms with Gasteiger partial charge in [0.1, 0.15) is 6.04 Å². The Morgan fingerprint density at radius 1 is 1.09 bits per heavy atom. The van der Waals surface area contributed by atoms with Crippen molar-refractivity contribution in [3.63, 3.8) is 0 Å². The van der Waals surface area contributed by atoms with Gasteiger partial charge in [-0.2, -0.15) is 13.2 Å². The smallest absolute Gasteiger partial charge is 0.353 e. The Kier molecular flexibility index (Phi) is 7.54. The molecule has 0 bridgehead atoms. The van der Waals surface area contributed by atoms with Crippen molar-refractivity contribution in [2.75, 3.05) is 26.2 Å². The van der Waals surface area contributed by atoms with Gasteiger partial charge in [-0.1, -0.05) is 42.5 Å². The molecule has 0 saturated carbocycles. The second-order valence-corrected chi connectivity index (χ2v) is 9.06. The number of carbonyl (C=O) groups is 1. The number of nitrogens with one attached hydrogen (secondary N) is 1. The van der Waals surface area contributed by atoms with Crippen molar-refractivity contribution in [1.29, 1.82) is 0 Å². The van der Waals surface area contributed by atoms with Gasteiger partial charge < -0.3 is 10.2 Å². The largest absolute Gasteiger partial charge is 0.438 e. The summed E-state index contributed by atoms with van der Waals surface area (Å²) in [4.78, 5) is 31.2. The predicted octanol–water partition coefficient (Wildman–Crippen LogP) is 4.05. The van der Waals surface area contributed by atoms with Crippen LogP contribution in [0, 0.1) is 5.92 Å². The Morgan fingerprint density at radius 3 is 2.43 bits per heavy atom. The third-order valence-electron chi connectivity index (χ3n) is 6.63. The maximum Gasteiger partial charge on any atom is 0.438 e. The molecule has 1 aliphatic rings. The number of benzene rings is 2. The molecular weight excluding hydrogens is 457 g/mol. The van der Waals surface area contributed by atoms with Gasteiger partial charge in [-0.05, 0) is 62.9 Å². The van der Waals surface area contributed by atoms with Gasteiger partial charge in [0.25, 0.3) is 5.56 Å². The standard InChI is InChI=1S/C26H29F3N4O2/c1-18(33-22-10-6-5-9-21(22)31-23(25(33)35)26(27,28)29)24(34)30-13-16-32-14-11-20(12-15-32)17-19-7-3-2-4-8-19/h2-10,18,20H,11-17H2,1H3,(H,30,34)/t18-/m1/s1. The quantitative estimate of drug-likeness (QED) is 0.547. The molecule has 1 atom stereocenters. The summed E-state index contributed by atoms with van der Waals surface area (Å²) >= 11 is 0. The average Bonchev–Trinajstić information content (AvgIpc) is 2.84. The van der Waals surface area contributed by atoms with Crippen molar-refractivity contribution in [3.8, 4) is 0 Å². The number of hydrogen-bond acceptors (Lipinski definition) is 4. The van der Waals surface area contributed by atoms with E-state index in [1.165, 1.54) is 30.7 Å². The monoisotopic (exact) mass is 486 g/mol. The molecule has 0 radical (unpaired) electrons. The lowest BCUT2D eigenvalue weighted by atomic mass is 9.90. The van der Waals surface area contributed by atoms with Gasteiger partial charge in [0.05, 0.1) is 11.0 Å². The Hall–Kier alpha value is -3.20. The normalized spacial score (nSPS) is 16.3. The molecule has 9 heteroatoms. The molecule has 2 aromatic carbocycles. The van der Waals surface area contributed by atoms with E-state index in [4.69, 9.17) is 0 Å². The van der Waals surface area contributed by atoms with Gasteiger partial charge in [-0.3, -0.25) is 14.2 Å². The Bertz CT molecular complexity index is 1220. The van der Waals surface area contributed by atoms with Crippen LogP contribution in [-0.2, 0) is 17.4 Å². The number of amides is 1. The van der Waals surface area contributed by atoms with E-state index in [0.29, 0.717) is 19.0 Å². The van der Waals surface area contributed by atoms with E-state index in [0.717, 1.165) is 36.9 Å². The number of rotatable bonds is 7. The van der Waals surface area contributed by atoms with Crippen LogP contribution < -0.4 is 10.9 Å². The van der Waals surface area contributed by atoms with Crippen LogP contribution in [0.15, 0.2) is 59.4 Å². The minimum Gasteiger partial charge on any atom is -0.353 e. The summed E-state index contributed by atoms with van der Waals surface area (Å²) in [7, 11) is 0. The Balaban J connectivity index is 1.35. The second-order valence-electron chi connectivity index (χ2n) is 9.06. The topological polar surface area (TPSA) is 67.2 Å². The lowest BCUT2D eigenvalue weighted by molar-refractivity contribution is -0.142. The number of likely N-dealkylation sites (tertiary alicyclic amines) is 1. The van der Waals surface area contributed by atoms with Gasteiger partial charge in [-0.25, -0.2) is 4.98 Å². The molecule has 0 aliphatic carbocycles. The molecule has 3 aromatic rings. The first-order valence-electron chi connectivity index (χ1n) is 11.9. The zero-order valence-corrected chi connectivity index (χ0v) is 19.6. The minimum absolute atomic E-state index is 0.0115. The van der Waals surface area contributed by atoms with Crippen molar-refractivity contribution in [2.45, 2.75) is 38.4 Å². The molecule has 4 rings (SSSR count). The Labute approximate surface area is 201 Å². The molecule has 186 valence electrons. The fourth-order valence-electron chi connectivity index (χ4n) is 4.69. The van der Waals surface area contributed by atoms with Crippen molar-refractivity contribution in [2.24, 2.45) is 5.92 Å². The van der Waals surface area contributed by atoms with E-state index in [-0.39, 0.29) is 11.0 Å². The third-order valence-corrected chi connectivity index (χ3v) is 6.63. The van der Waals surface area contributed by atoms with E-state index in [1.807, 2.05) is 6.07 Å². The molecule has 35 heavy (non-hydrogen) atoms. The third kappa shape index (κ3) is 5.90.